The van der Waals surface area contributed by atoms with E-state index in [0.717, 1.165) is 16.3 Å². The van der Waals surface area contributed by atoms with E-state index in [0.29, 0.717) is 25.0 Å². The fraction of sp³-hybridized carbons (Fsp3) is 0.429. The number of fused-ring (bicyclic) bond motifs is 1. The molecule has 0 aromatic heterocycles. The molecule has 1 saturated heterocycles. The summed E-state index contributed by atoms with van der Waals surface area (Å²) in [5.74, 6) is -0.290. The van der Waals surface area contributed by atoms with Gasteiger partial charge in [-0.05, 0) is 23.8 Å². The number of esters is 2. The number of ether oxygens (including phenoxy) is 2. The maximum absolute atomic E-state index is 12.2. The first-order chi connectivity index (χ1) is 12.4. The van der Waals surface area contributed by atoms with Gasteiger partial charge in [-0.1, -0.05) is 50.2 Å². The highest BCUT2D eigenvalue weighted by Crippen LogP contribution is 2.32. The topological polar surface area (TPSA) is 72.8 Å². The summed E-state index contributed by atoms with van der Waals surface area (Å²) in [6.07, 6.45) is 0.718. The summed E-state index contributed by atoms with van der Waals surface area (Å²) >= 11 is 0. The van der Waals surface area contributed by atoms with Crippen LogP contribution in [0.4, 0.5) is 0 Å². The van der Waals surface area contributed by atoms with Crippen LogP contribution >= 0.6 is 0 Å². The molecule has 1 fully saturated rings. The monoisotopic (exact) mass is 356 g/mol. The third kappa shape index (κ3) is 4.22. The van der Waals surface area contributed by atoms with Crippen LogP contribution in [0.5, 0.6) is 5.75 Å². The number of cyclic esters (lactones) is 1. The Morgan fingerprint density at radius 2 is 2.04 bits per heavy atom. The van der Waals surface area contributed by atoms with Crippen molar-refractivity contribution >= 4 is 22.7 Å². The molecule has 3 rings (SSSR count). The minimum Gasteiger partial charge on any atom is -0.462 e. The normalized spacial score (nSPS) is 20.2. The molecule has 0 unspecified atom stereocenters. The van der Waals surface area contributed by atoms with Crippen molar-refractivity contribution in [3.63, 3.8) is 0 Å². The first kappa shape index (κ1) is 18.4. The Labute approximate surface area is 152 Å². The predicted molar refractivity (Wildman–Crippen MR) is 97.9 cm³/mol. The van der Waals surface area contributed by atoms with Crippen LogP contribution in [-0.2, 0) is 20.7 Å². The molecule has 26 heavy (non-hydrogen) atoms. The Balaban J connectivity index is 1.84. The predicted octanol–water partition coefficient (Wildman–Crippen LogP) is 3.40. The molecule has 1 aliphatic heterocycles. The quantitative estimate of drug-likeness (QED) is 0.657. The number of hydrogen-bond donors (Lipinski definition) is 1. The van der Waals surface area contributed by atoms with E-state index < -0.39 is 6.10 Å². The molecule has 0 amide bonds. The van der Waals surface area contributed by atoms with Crippen molar-refractivity contribution in [1.29, 1.82) is 0 Å². The summed E-state index contributed by atoms with van der Waals surface area (Å²) in [6, 6.07) is 11.7. The van der Waals surface area contributed by atoms with Crippen molar-refractivity contribution in [2.45, 2.75) is 51.7 Å². The van der Waals surface area contributed by atoms with Crippen LogP contribution < -0.4 is 4.74 Å². The number of aliphatic hydroxyl groups excluding tert-OH is 1. The van der Waals surface area contributed by atoms with Crippen molar-refractivity contribution in [1.82, 2.24) is 0 Å². The van der Waals surface area contributed by atoms with Gasteiger partial charge in [-0.25, -0.2) is 0 Å². The van der Waals surface area contributed by atoms with E-state index >= 15 is 0 Å². The van der Waals surface area contributed by atoms with Gasteiger partial charge in [0.1, 0.15) is 11.9 Å². The second-order valence-electron chi connectivity index (χ2n) is 7.09. The third-order valence-corrected chi connectivity index (χ3v) is 4.61. The maximum atomic E-state index is 12.2. The summed E-state index contributed by atoms with van der Waals surface area (Å²) in [6.45, 7) is 3.60. The average molecular weight is 356 g/mol. The van der Waals surface area contributed by atoms with Gasteiger partial charge in [0.15, 0.2) is 0 Å². The van der Waals surface area contributed by atoms with Crippen molar-refractivity contribution in [2.24, 2.45) is 5.92 Å². The molecule has 5 nitrogen and oxygen atoms in total. The van der Waals surface area contributed by atoms with Gasteiger partial charge in [-0.3, -0.25) is 9.59 Å². The Kier molecular flexibility index (Phi) is 5.57. The molecule has 138 valence electrons. The fourth-order valence-corrected chi connectivity index (χ4v) is 3.18. The van der Waals surface area contributed by atoms with E-state index in [1.54, 1.807) is 13.8 Å². The number of aryl methyl sites for hydroxylation is 1. The van der Waals surface area contributed by atoms with Crippen LogP contribution in [0.2, 0.25) is 0 Å². The highest BCUT2D eigenvalue weighted by atomic mass is 16.5. The van der Waals surface area contributed by atoms with Crippen LogP contribution in [0.1, 0.15) is 38.7 Å². The summed E-state index contributed by atoms with van der Waals surface area (Å²) in [7, 11) is 0. The summed E-state index contributed by atoms with van der Waals surface area (Å²) in [5.41, 5.74) is 0.897. The number of carbonyl (C=O) groups is 2. The Morgan fingerprint density at radius 1 is 1.27 bits per heavy atom. The zero-order valence-corrected chi connectivity index (χ0v) is 15.1. The van der Waals surface area contributed by atoms with Gasteiger partial charge in [-0.2, -0.15) is 0 Å². The lowest BCUT2D eigenvalue weighted by Crippen LogP contribution is -2.32. The van der Waals surface area contributed by atoms with Crippen molar-refractivity contribution in [3.8, 4) is 5.75 Å². The molecule has 1 N–H and O–H groups in total. The number of hydrogen-bond acceptors (Lipinski definition) is 5. The van der Waals surface area contributed by atoms with Gasteiger partial charge in [0.25, 0.3) is 0 Å². The summed E-state index contributed by atoms with van der Waals surface area (Å²) < 4.78 is 11.0. The molecule has 0 saturated carbocycles. The first-order valence-corrected chi connectivity index (χ1v) is 9.04. The number of aliphatic hydroxyl groups is 1. The second kappa shape index (κ2) is 7.87. The van der Waals surface area contributed by atoms with Gasteiger partial charge in [0.05, 0.1) is 18.4 Å². The lowest BCUT2D eigenvalue weighted by Gasteiger charge is -2.26. The van der Waals surface area contributed by atoms with Gasteiger partial charge in [0.2, 0.25) is 0 Å². The SMILES string of the molecule is CC(C)C(=O)Oc1c(CC[C@@H]2C[C@@H](O)CC(=O)O2)ccc2ccccc12. The van der Waals surface area contributed by atoms with Gasteiger partial charge in [0, 0.05) is 11.8 Å². The van der Waals surface area contributed by atoms with E-state index in [-0.39, 0.29) is 30.4 Å². The number of rotatable bonds is 5. The molecular formula is C21H24O5. The van der Waals surface area contributed by atoms with Crippen LogP contribution in [-0.4, -0.2) is 29.3 Å². The molecule has 2 atom stereocenters. The van der Waals surface area contributed by atoms with E-state index in [4.69, 9.17) is 9.47 Å². The smallest absolute Gasteiger partial charge is 0.313 e. The van der Waals surface area contributed by atoms with Crippen LogP contribution in [0, 0.1) is 5.92 Å². The minimum absolute atomic E-state index is 0.0593. The molecule has 0 radical (unpaired) electrons. The molecule has 0 spiro atoms. The summed E-state index contributed by atoms with van der Waals surface area (Å²) in [5, 5.41) is 11.6. The zero-order chi connectivity index (χ0) is 18.7. The maximum Gasteiger partial charge on any atom is 0.313 e. The van der Waals surface area contributed by atoms with Crippen LogP contribution in [0.25, 0.3) is 10.8 Å². The van der Waals surface area contributed by atoms with E-state index in [2.05, 4.69) is 0 Å². The van der Waals surface area contributed by atoms with E-state index in [1.807, 2.05) is 36.4 Å². The number of carbonyl (C=O) groups excluding carboxylic acids is 2. The molecule has 1 heterocycles. The molecule has 0 aliphatic carbocycles. The van der Waals surface area contributed by atoms with Crippen molar-refractivity contribution in [2.75, 3.05) is 0 Å². The average Bonchev–Trinajstić information content (AvgIpc) is 2.60. The molecule has 0 bridgehead atoms. The molecule has 1 aliphatic rings. The van der Waals surface area contributed by atoms with Crippen LogP contribution in [0.15, 0.2) is 36.4 Å². The van der Waals surface area contributed by atoms with Gasteiger partial charge in [-0.15, -0.1) is 0 Å². The van der Waals surface area contributed by atoms with Gasteiger partial charge < -0.3 is 14.6 Å². The fourth-order valence-electron chi connectivity index (χ4n) is 3.18. The Bertz CT molecular complexity index is 811. The Morgan fingerprint density at radius 3 is 2.77 bits per heavy atom. The lowest BCUT2D eigenvalue weighted by atomic mass is 9.97. The minimum atomic E-state index is -0.643. The third-order valence-electron chi connectivity index (χ3n) is 4.61. The first-order valence-electron chi connectivity index (χ1n) is 9.04. The van der Waals surface area contributed by atoms with Gasteiger partial charge >= 0.3 is 11.9 Å². The molecule has 5 heteroatoms. The molecule has 2 aromatic rings. The second-order valence-corrected chi connectivity index (χ2v) is 7.09. The molecular weight excluding hydrogens is 332 g/mol. The standard InChI is InChI=1S/C21H24O5/c1-13(2)21(24)26-20-15(8-7-14-5-3-4-6-18(14)20)9-10-17-11-16(22)12-19(23)25-17/h3-8,13,16-17,22H,9-12H2,1-2H3/t16-,17-/m1/s1. The summed E-state index contributed by atoms with van der Waals surface area (Å²) in [4.78, 5) is 23.7. The van der Waals surface area contributed by atoms with Crippen molar-refractivity contribution < 1.29 is 24.2 Å². The highest BCUT2D eigenvalue weighted by molar-refractivity contribution is 5.92. The largest absolute Gasteiger partial charge is 0.462 e. The Hall–Kier alpha value is -2.40. The van der Waals surface area contributed by atoms with Crippen molar-refractivity contribution in [3.05, 3.63) is 42.0 Å². The van der Waals surface area contributed by atoms with E-state index in [9.17, 15) is 14.7 Å². The van der Waals surface area contributed by atoms with Crippen LogP contribution in [0.3, 0.4) is 0 Å². The highest BCUT2D eigenvalue weighted by Gasteiger charge is 2.27. The lowest BCUT2D eigenvalue weighted by molar-refractivity contribution is -0.160. The van der Waals surface area contributed by atoms with E-state index in [1.165, 1.54) is 0 Å². The zero-order valence-electron chi connectivity index (χ0n) is 15.1. The number of benzene rings is 2. The molecule has 2 aromatic carbocycles.